The minimum Gasteiger partial charge on any atom is -0.345 e. The predicted molar refractivity (Wildman–Crippen MR) is 64.0 cm³/mol. The van der Waals surface area contributed by atoms with E-state index < -0.39 is 10.0 Å². The van der Waals surface area contributed by atoms with Crippen molar-refractivity contribution in [3.63, 3.8) is 0 Å². The number of rotatable bonds is 2. The maximum atomic E-state index is 12.3. The number of hydrogen-bond acceptors (Lipinski definition) is 4. The van der Waals surface area contributed by atoms with Crippen molar-refractivity contribution in [1.29, 1.82) is 0 Å². The van der Waals surface area contributed by atoms with Gasteiger partial charge in [0.1, 0.15) is 0 Å². The lowest BCUT2D eigenvalue weighted by atomic mass is 10.4. The molecule has 98 valence electrons. The Balaban J connectivity index is 2.12. The van der Waals surface area contributed by atoms with Crippen molar-refractivity contribution >= 4 is 15.9 Å². The average Bonchev–Trinajstić information content (AvgIpc) is 2.75. The van der Waals surface area contributed by atoms with Crippen LogP contribution in [0.3, 0.4) is 0 Å². The minimum absolute atomic E-state index is 0.00463. The van der Waals surface area contributed by atoms with Crippen LogP contribution >= 0.6 is 0 Å². The molecule has 0 spiro atoms. The van der Waals surface area contributed by atoms with Gasteiger partial charge in [-0.25, -0.2) is 8.42 Å². The Labute approximate surface area is 102 Å². The summed E-state index contributed by atoms with van der Waals surface area (Å²) in [6.07, 6.45) is 1.35. The van der Waals surface area contributed by atoms with Crippen LogP contribution in [-0.2, 0) is 14.8 Å². The Hall–Kier alpha value is -0.660. The monoisotopic (exact) mass is 261 g/mol. The van der Waals surface area contributed by atoms with Crippen molar-refractivity contribution < 1.29 is 13.2 Å². The van der Waals surface area contributed by atoms with Crippen LogP contribution in [0.4, 0.5) is 0 Å². The number of likely N-dealkylation sites (N-methyl/N-ethyl adjacent to an activating group) is 1. The highest BCUT2D eigenvalue weighted by Gasteiger charge is 2.36. The molecule has 0 aliphatic carbocycles. The van der Waals surface area contributed by atoms with Crippen molar-refractivity contribution in [3.05, 3.63) is 0 Å². The molecule has 1 N–H and O–H groups in total. The standard InChI is InChI=1S/C10H19N3O3S/c1-12-5-2-6-13(8-10(12)14)17(15,16)9-3-4-11-7-9/h9,11H,2-8H2,1H3. The molecule has 2 saturated heterocycles. The fourth-order valence-corrected chi connectivity index (χ4v) is 4.11. The maximum absolute atomic E-state index is 12.3. The molecule has 0 aromatic heterocycles. The zero-order valence-electron chi connectivity index (χ0n) is 10.1. The first kappa shape index (κ1) is 12.8. The Morgan fingerprint density at radius 1 is 1.35 bits per heavy atom. The van der Waals surface area contributed by atoms with Gasteiger partial charge in [-0.3, -0.25) is 4.79 Å². The van der Waals surface area contributed by atoms with Gasteiger partial charge in [0.05, 0.1) is 11.8 Å². The van der Waals surface area contributed by atoms with E-state index in [0.717, 1.165) is 6.54 Å². The first-order valence-corrected chi connectivity index (χ1v) is 7.46. The average molecular weight is 261 g/mol. The molecular formula is C10H19N3O3S. The number of nitrogens with zero attached hydrogens (tertiary/aromatic N) is 2. The van der Waals surface area contributed by atoms with Gasteiger partial charge in [0.25, 0.3) is 0 Å². The lowest BCUT2D eigenvalue weighted by molar-refractivity contribution is -0.129. The predicted octanol–water partition coefficient (Wildman–Crippen LogP) is -1.16. The molecule has 0 radical (unpaired) electrons. The van der Waals surface area contributed by atoms with E-state index in [0.29, 0.717) is 32.5 Å². The maximum Gasteiger partial charge on any atom is 0.237 e. The molecule has 0 saturated carbocycles. The molecule has 2 aliphatic heterocycles. The summed E-state index contributed by atoms with van der Waals surface area (Å²) in [6.45, 7) is 2.33. The van der Waals surface area contributed by atoms with Gasteiger partial charge in [0.2, 0.25) is 15.9 Å². The highest BCUT2D eigenvalue weighted by atomic mass is 32.2. The number of carbonyl (C=O) groups excluding carboxylic acids is 1. The second-order valence-corrected chi connectivity index (χ2v) is 6.88. The quantitative estimate of drug-likeness (QED) is 0.681. The highest BCUT2D eigenvalue weighted by molar-refractivity contribution is 7.89. The summed E-state index contributed by atoms with van der Waals surface area (Å²) < 4.78 is 26.0. The zero-order chi connectivity index (χ0) is 12.5. The fourth-order valence-electron chi connectivity index (χ4n) is 2.27. The second kappa shape index (κ2) is 4.91. The number of amides is 1. The molecule has 17 heavy (non-hydrogen) atoms. The third kappa shape index (κ3) is 2.61. The molecule has 1 unspecified atom stereocenters. The summed E-state index contributed by atoms with van der Waals surface area (Å²) in [7, 11) is -1.60. The summed E-state index contributed by atoms with van der Waals surface area (Å²) in [5.41, 5.74) is 0. The molecule has 2 fully saturated rings. The summed E-state index contributed by atoms with van der Waals surface area (Å²) in [4.78, 5) is 13.3. The Morgan fingerprint density at radius 2 is 2.12 bits per heavy atom. The lowest BCUT2D eigenvalue weighted by Crippen LogP contribution is -2.43. The van der Waals surface area contributed by atoms with Crippen molar-refractivity contribution in [3.8, 4) is 0 Å². The molecular weight excluding hydrogens is 242 g/mol. The van der Waals surface area contributed by atoms with Gasteiger partial charge >= 0.3 is 0 Å². The lowest BCUT2D eigenvalue weighted by Gasteiger charge is -2.22. The van der Waals surface area contributed by atoms with E-state index in [-0.39, 0.29) is 17.7 Å². The van der Waals surface area contributed by atoms with Gasteiger partial charge in [-0.15, -0.1) is 0 Å². The van der Waals surface area contributed by atoms with Gasteiger partial charge in [-0.1, -0.05) is 0 Å². The number of nitrogens with one attached hydrogen (secondary N) is 1. The van der Waals surface area contributed by atoms with E-state index in [1.54, 1.807) is 11.9 Å². The third-order valence-electron chi connectivity index (χ3n) is 3.43. The summed E-state index contributed by atoms with van der Waals surface area (Å²) in [6, 6.07) is 0. The fraction of sp³-hybridized carbons (Fsp3) is 0.900. The summed E-state index contributed by atoms with van der Waals surface area (Å²) >= 11 is 0. The third-order valence-corrected chi connectivity index (χ3v) is 5.71. The summed E-state index contributed by atoms with van der Waals surface area (Å²) in [5, 5.41) is 2.69. The SMILES string of the molecule is CN1CCCN(S(=O)(=O)C2CCNC2)CC1=O. The second-order valence-electron chi connectivity index (χ2n) is 4.66. The van der Waals surface area contributed by atoms with Gasteiger partial charge in [0.15, 0.2) is 0 Å². The summed E-state index contributed by atoms with van der Waals surface area (Å²) in [5.74, 6) is -0.114. The Morgan fingerprint density at radius 3 is 2.76 bits per heavy atom. The normalized spacial score (nSPS) is 28.4. The van der Waals surface area contributed by atoms with E-state index in [1.165, 1.54) is 4.31 Å². The van der Waals surface area contributed by atoms with Crippen molar-refractivity contribution in [2.24, 2.45) is 0 Å². The van der Waals surface area contributed by atoms with E-state index in [4.69, 9.17) is 0 Å². The topological polar surface area (TPSA) is 69.7 Å². The van der Waals surface area contributed by atoms with E-state index in [1.807, 2.05) is 0 Å². The van der Waals surface area contributed by atoms with Crippen LogP contribution in [0.25, 0.3) is 0 Å². The van der Waals surface area contributed by atoms with Crippen LogP contribution < -0.4 is 5.32 Å². The molecule has 0 bridgehead atoms. The molecule has 1 atom stereocenters. The molecule has 2 heterocycles. The van der Waals surface area contributed by atoms with Gasteiger partial charge in [-0.2, -0.15) is 4.31 Å². The molecule has 6 nitrogen and oxygen atoms in total. The smallest absolute Gasteiger partial charge is 0.237 e. The van der Waals surface area contributed by atoms with Gasteiger partial charge < -0.3 is 10.2 Å². The van der Waals surface area contributed by atoms with Crippen molar-refractivity contribution in [2.45, 2.75) is 18.1 Å². The molecule has 0 aromatic carbocycles. The first-order valence-electron chi connectivity index (χ1n) is 5.95. The first-order chi connectivity index (χ1) is 8.01. The van der Waals surface area contributed by atoms with Crippen LogP contribution in [0.1, 0.15) is 12.8 Å². The van der Waals surface area contributed by atoms with Crippen LogP contribution in [0.5, 0.6) is 0 Å². The Kier molecular flexibility index (Phi) is 3.70. The van der Waals surface area contributed by atoms with Crippen LogP contribution in [0.15, 0.2) is 0 Å². The number of hydrogen-bond donors (Lipinski definition) is 1. The van der Waals surface area contributed by atoms with E-state index in [9.17, 15) is 13.2 Å². The molecule has 2 rings (SSSR count). The van der Waals surface area contributed by atoms with E-state index in [2.05, 4.69) is 5.32 Å². The molecule has 0 aromatic rings. The van der Waals surface area contributed by atoms with Crippen LogP contribution in [-0.4, -0.2) is 68.6 Å². The number of carbonyl (C=O) groups is 1. The highest BCUT2D eigenvalue weighted by Crippen LogP contribution is 2.17. The van der Waals surface area contributed by atoms with Crippen LogP contribution in [0.2, 0.25) is 0 Å². The van der Waals surface area contributed by atoms with Crippen LogP contribution in [0, 0.1) is 0 Å². The molecule has 2 aliphatic rings. The van der Waals surface area contributed by atoms with E-state index >= 15 is 0 Å². The largest absolute Gasteiger partial charge is 0.345 e. The minimum atomic E-state index is -3.32. The van der Waals surface area contributed by atoms with Crippen molar-refractivity contribution in [2.75, 3.05) is 39.8 Å². The molecule has 1 amide bonds. The van der Waals surface area contributed by atoms with Crippen molar-refractivity contribution in [1.82, 2.24) is 14.5 Å². The molecule has 7 heteroatoms. The number of sulfonamides is 1. The Bertz CT molecular complexity index is 390. The zero-order valence-corrected chi connectivity index (χ0v) is 10.9. The van der Waals surface area contributed by atoms with Gasteiger partial charge in [-0.05, 0) is 19.4 Å². The van der Waals surface area contributed by atoms with Gasteiger partial charge in [0, 0.05) is 26.7 Å².